The maximum absolute atomic E-state index is 13.8. The smallest absolute Gasteiger partial charge is 0.274 e. The van der Waals surface area contributed by atoms with Crippen LogP contribution < -0.4 is 10.2 Å². The molecule has 9 heteroatoms. The van der Waals surface area contributed by atoms with Crippen LogP contribution in [0.3, 0.4) is 0 Å². The molecule has 0 saturated carbocycles. The number of alkyl halides is 1. The number of hydrogen-bond acceptors (Lipinski definition) is 6. The maximum atomic E-state index is 13.8. The van der Waals surface area contributed by atoms with Crippen molar-refractivity contribution >= 4 is 39.1 Å². The molecular weight excluding hydrogens is 608 g/mol. The fourth-order valence-electron chi connectivity index (χ4n) is 6.24. The zero-order chi connectivity index (χ0) is 30.5. The predicted molar refractivity (Wildman–Crippen MR) is 175 cm³/mol. The van der Waals surface area contributed by atoms with Crippen molar-refractivity contribution in [1.29, 1.82) is 0 Å². The quantitative estimate of drug-likeness (QED) is 0.371. The molecule has 1 N–H and O–H groups in total. The van der Waals surface area contributed by atoms with Gasteiger partial charge in [0.15, 0.2) is 0 Å². The summed E-state index contributed by atoms with van der Waals surface area (Å²) >= 11 is 3.61. The molecule has 8 nitrogen and oxygen atoms in total. The van der Waals surface area contributed by atoms with Crippen molar-refractivity contribution in [3.8, 4) is 11.1 Å². The van der Waals surface area contributed by atoms with Gasteiger partial charge in [-0.1, -0.05) is 40.2 Å². The van der Waals surface area contributed by atoms with Crippen LogP contribution in [0.5, 0.6) is 0 Å². The van der Waals surface area contributed by atoms with Crippen LogP contribution in [0, 0.1) is 6.92 Å². The van der Waals surface area contributed by atoms with Crippen LogP contribution in [0.4, 0.5) is 5.69 Å². The molecule has 230 valence electrons. The zero-order valence-corrected chi connectivity index (χ0v) is 27.3. The molecule has 2 aromatic carbocycles. The Morgan fingerprint density at radius 1 is 1.02 bits per heavy atom. The second kappa shape index (κ2) is 14.3. The van der Waals surface area contributed by atoms with Crippen LogP contribution in [-0.4, -0.2) is 85.9 Å². The number of ether oxygens (including phenoxy) is 2. The van der Waals surface area contributed by atoms with Gasteiger partial charge in [-0.2, -0.15) is 0 Å². The van der Waals surface area contributed by atoms with Gasteiger partial charge in [-0.05, 0) is 80.5 Å². The number of halogens is 1. The van der Waals surface area contributed by atoms with E-state index in [2.05, 4.69) is 73.3 Å². The normalized spacial score (nSPS) is 20.3. The number of morpholine rings is 1. The van der Waals surface area contributed by atoms with E-state index in [0.717, 1.165) is 99.1 Å². The molecule has 0 aromatic heterocycles. The van der Waals surface area contributed by atoms with Crippen LogP contribution >= 0.6 is 15.9 Å². The van der Waals surface area contributed by atoms with Gasteiger partial charge in [0.1, 0.15) is 0 Å². The first-order chi connectivity index (χ1) is 20.8. The number of carbonyl (C=O) groups excluding carboxylic acids is 2. The lowest BCUT2D eigenvalue weighted by molar-refractivity contribution is -0.114. The van der Waals surface area contributed by atoms with Crippen LogP contribution in [0.25, 0.3) is 11.1 Å². The Kier molecular flexibility index (Phi) is 10.5. The topological polar surface area (TPSA) is 83.5 Å². The number of dihydropyridines is 1. The van der Waals surface area contributed by atoms with Crippen molar-refractivity contribution in [1.82, 2.24) is 10.2 Å². The van der Waals surface area contributed by atoms with Gasteiger partial charge < -0.3 is 19.7 Å². The largest absolute Gasteiger partial charge is 0.381 e. The monoisotopic (exact) mass is 650 g/mol. The van der Waals surface area contributed by atoms with E-state index in [-0.39, 0.29) is 23.2 Å². The molecule has 2 amide bonds. The highest BCUT2D eigenvalue weighted by atomic mass is 79.9. The van der Waals surface area contributed by atoms with E-state index in [1.807, 2.05) is 26.8 Å². The van der Waals surface area contributed by atoms with E-state index in [0.29, 0.717) is 17.2 Å². The standard InChI is InChI=1S/C34H43BrN4O4/c1-5-39(28-10-14-42-15-11-28)31-19-27(26-8-6-25(7-9-26)21-38-12-16-43-17-13-38)18-29(22(31)2)33(40)36-20-30-23(3)32(35)24(4)37-34(30)41/h6-9,18-19,28,32H,5,10-17,20-21H2,1-4H3,(H,36,40). The summed E-state index contributed by atoms with van der Waals surface area (Å²) in [6.45, 7) is 14.8. The second-order valence-electron chi connectivity index (χ2n) is 11.6. The molecule has 2 saturated heterocycles. The number of carbonyl (C=O) groups is 2. The van der Waals surface area contributed by atoms with Crippen molar-refractivity contribution in [3.05, 3.63) is 64.2 Å². The van der Waals surface area contributed by atoms with Crippen molar-refractivity contribution in [2.24, 2.45) is 4.99 Å². The molecule has 1 atom stereocenters. The Hall–Kier alpha value is -2.85. The average molecular weight is 652 g/mol. The highest BCUT2D eigenvalue weighted by Gasteiger charge is 2.27. The number of nitrogens with one attached hydrogen (secondary N) is 1. The second-order valence-corrected chi connectivity index (χ2v) is 12.6. The van der Waals surface area contributed by atoms with Crippen LogP contribution in [0.15, 0.2) is 52.5 Å². The Morgan fingerprint density at radius 3 is 2.37 bits per heavy atom. The average Bonchev–Trinajstić information content (AvgIpc) is 3.02. The summed E-state index contributed by atoms with van der Waals surface area (Å²) in [6, 6.07) is 13.2. The Balaban J connectivity index is 1.45. The third kappa shape index (κ3) is 7.28. The fraction of sp³-hybridized carbons (Fsp3) is 0.500. The van der Waals surface area contributed by atoms with E-state index in [1.165, 1.54) is 5.56 Å². The van der Waals surface area contributed by atoms with E-state index < -0.39 is 0 Å². The lowest BCUT2D eigenvalue weighted by Crippen LogP contribution is -2.40. The first kappa shape index (κ1) is 31.6. The number of hydrogen-bond donors (Lipinski definition) is 1. The molecule has 2 aromatic rings. The van der Waals surface area contributed by atoms with Gasteiger partial charge in [0.2, 0.25) is 0 Å². The lowest BCUT2D eigenvalue weighted by atomic mass is 9.94. The molecule has 2 fully saturated rings. The first-order valence-corrected chi connectivity index (χ1v) is 16.3. The molecule has 3 heterocycles. The van der Waals surface area contributed by atoms with E-state index >= 15 is 0 Å². The Morgan fingerprint density at radius 2 is 1.70 bits per heavy atom. The Bertz CT molecular complexity index is 1390. The van der Waals surface area contributed by atoms with Crippen molar-refractivity contribution < 1.29 is 19.1 Å². The summed E-state index contributed by atoms with van der Waals surface area (Å²) in [5, 5.41) is 3.04. The number of amides is 2. The fourth-order valence-corrected chi connectivity index (χ4v) is 6.62. The molecule has 0 spiro atoms. The van der Waals surface area contributed by atoms with Crippen LogP contribution in [-0.2, 0) is 20.8 Å². The highest BCUT2D eigenvalue weighted by Crippen LogP contribution is 2.34. The minimum atomic E-state index is -0.286. The molecule has 0 bridgehead atoms. The summed E-state index contributed by atoms with van der Waals surface area (Å²) in [5.41, 5.74) is 8.10. The van der Waals surface area contributed by atoms with Crippen molar-refractivity contribution in [3.63, 3.8) is 0 Å². The third-order valence-corrected chi connectivity index (χ3v) is 10.2. The predicted octanol–water partition coefficient (Wildman–Crippen LogP) is 5.31. The molecule has 43 heavy (non-hydrogen) atoms. The third-order valence-electron chi connectivity index (χ3n) is 8.89. The van der Waals surface area contributed by atoms with Gasteiger partial charge in [-0.15, -0.1) is 0 Å². The minimum Gasteiger partial charge on any atom is -0.381 e. The Labute approximate surface area is 263 Å². The number of aliphatic imine (C=N–C) groups is 1. The van der Waals surface area contributed by atoms with Gasteiger partial charge in [-0.3, -0.25) is 14.5 Å². The molecular formula is C34H43BrN4O4. The summed E-state index contributed by atoms with van der Waals surface area (Å²) in [5.74, 6) is -0.482. The molecule has 5 rings (SSSR count). The summed E-state index contributed by atoms with van der Waals surface area (Å²) in [7, 11) is 0. The van der Waals surface area contributed by atoms with Gasteiger partial charge in [-0.25, -0.2) is 4.99 Å². The van der Waals surface area contributed by atoms with Crippen molar-refractivity contribution in [2.45, 2.75) is 58.0 Å². The number of rotatable bonds is 9. The molecule has 0 radical (unpaired) electrons. The van der Waals surface area contributed by atoms with Gasteiger partial charge in [0.05, 0.1) is 18.0 Å². The number of allylic oxidation sites excluding steroid dienone is 1. The SMILES string of the molecule is CCN(c1cc(-c2ccc(CN3CCOCC3)cc2)cc(C(=O)NCC2=C(C)C(Br)C(C)=NC2=O)c1C)C1CCOCC1. The summed E-state index contributed by atoms with van der Waals surface area (Å²) < 4.78 is 11.2. The van der Waals surface area contributed by atoms with Gasteiger partial charge in [0.25, 0.3) is 11.8 Å². The van der Waals surface area contributed by atoms with E-state index in [1.54, 1.807) is 0 Å². The zero-order valence-electron chi connectivity index (χ0n) is 25.7. The maximum Gasteiger partial charge on any atom is 0.274 e. The molecule has 3 aliphatic heterocycles. The number of nitrogens with zero attached hydrogens (tertiary/aromatic N) is 3. The molecule has 3 aliphatic rings. The summed E-state index contributed by atoms with van der Waals surface area (Å²) in [6.07, 6.45) is 1.91. The van der Waals surface area contributed by atoms with Gasteiger partial charge >= 0.3 is 0 Å². The first-order valence-electron chi connectivity index (χ1n) is 15.4. The number of benzene rings is 2. The van der Waals surface area contributed by atoms with Crippen LogP contribution in [0.1, 0.15) is 55.1 Å². The highest BCUT2D eigenvalue weighted by molar-refractivity contribution is 9.10. The van der Waals surface area contributed by atoms with Gasteiger partial charge in [0, 0.05) is 74.5 Å². The summed E-state index contributed by atoms with van der Waals surface area (Å²) in [4.78, 5) is 35.4. The number of anilines is 1. The molecule has 0 aliphatic carbocycles. The van der Waals surface area contributed by atoms with E-state index in [4.69, 9.17) is 9.47 Å². The van der Waals surface area contributed by atoms with Crippen molar-refractivity contribution in [2.75, 3.05) is 57.5 Å². The van der Waals surface area contributed by atoms with E-state index in [9.17, 15) is 9.59 Å². The minimum absolute atomic E-state index is 0.0995. The lowest BCUT2D eigenvalue weighted by Gasteiger charge is -2.37. The molecule has 1 unspecified atom stereocenters. The van der Waals surface area contributed by atoms with Crippen LogP contribution in [0.2, 0.25) is 0 Å².